The molecule has 2 rings (SSSR count). The number of carbonyl (C=O) groups excluding carboxylic acids is 1. The second-order valence-corrected chi connectivity index (χ2v) is 8.11. The van der Waals surface area contributed by atoms with Crippen LogP contribution in [-0.4, -0.2) is 24.3 Å². The molecule has 0 atom stereocenters. The molecule has 1 aliphatic carbocycles. The molecule has 0 spiro atoms. The van der Waals surface area contributed by atoms with Crippen molar-refractivity contribution >= 4 is 5.97 Å². The Labute approximate surface area is 170 Å². The molecule has 1 aromatic carbocycles. The molecule has 1 fully saturated rings. The van der Waals surface area contributed by atoms with Gasteiger partial charge in [0.1, 0.15) is 5.75 Å². The molecule has 0 saturated heterocycles. The third-order valence-corrected chi connectivity index (χ3v) is 5.80. The minimum absolute atomic E-state index is 0.0763. The molecule has 1 N–H and O–H groups in total. The highest BCUT2D eigenvalue weighted by molar-refractivity contribution is 5.72. The smallest absolute Gasteiger partial charge is 0.308 e. The van der Waals surface area contributed by atoms with E-state index in [1.165, 1.54) is 19.3 Å². The second kappa shape index (κ2) is 12.1. The first-order valence-electron chi connectivity index (χ1n) is 11.2. The lowest BCUT2D eigenvalue weighted by molar-refractivity contribution is -0.152. The monoisotopic (exact) mass is 390 g/mol. The van der Waals surface area contributed by atoms with Gasteiger partial charge in [-0.05, 0) is 56.2 Å². The molecule has 1 saturated carbocycles. The Morgan fingerprint density at radius 1 is 0.964 bits per heavy atom. The van der Waals surface area contributed by atoms with Crippen LogP contribution < -0.4 is 4.74 Å². The first kappa shape index (κ1) is 22.7. The number of aliphatic hydroxyl groups is 1. The summed E-state index contributed by atoms with van der Waals surface area (Å²) in [6.45, 7) is 5.59. The Morgan fingerprint density at radius 2 is 1.61 bits per heavy atom. The van der Waals surface area contributed by atoms with E-state index in [2.05, 4.69) is 13.8 Å². The van der Waals surface area contributed by atoms with Crippen LogP contribution in [-0.2, 0) is 15.1 Å². The van der Waals surface area contributed by atoms with E-state index in [1.807, 2.05) is 24.3 Å². The fraction of sp³-hybridized carbons (Fsp3) is 0.708. The van der Waals surface area contributed by atoms with Crippen molar-refractivity contribution < 1.29 is 19.4 Å². The normalized spacial score (nSPS) is 22.0. The number of benzene rings is 1. The van der Waals surface area contributed by atoms with Crippen LogP contribution in [0.4, 0.5) is 0 Å². The quantitative estimate of drug-likeness (QED) is 0.364. The highest BCUT2D eigenvalue weighted by Gasteiger charge is 2.37. The van der Waals surface area contributed by atoms with E-state index in [0.717, 1.165) is 43.6 Å². The third kappa shape index (κ3) is 7.12. The van der Waals surface area contributed by atoms with Gasteiger partial charge in [-0.2, -0.15) is 0 Å². The Kier molecular flexibility index (Phi) is 9.83. The van der Waals surface area contributed by atoms with Gasteiger partial charge < -0.3 is 14.6 Å². The van der Waals surface area contributed by atoms with Gasteiger partial charge in [0.2, 0.25) is 0 Å². The van der Waals surface area contributed by atoms with E-state index in [0.29, 0.717) is 32.3 Å². The molecule has 0 radical (unpaired) electrons. The summed E-state index contributed by atoms with van der Waals surface area (Å²) >= 11 is 0. The van der Waals surface area contributed by atoms with E-state index >= 15 is 0 Å². The zero-order chi connectivity index (χ0) is 20.2. The average Bonchev–Trinajstić information content (AvgIpc) is 2.71. The molecule has 0 aliphatic heterocycles. The fourth-order valence-corrected chi connectivity index (χ4v) is 3.81. The van der Waals surface area contributed by atoms with Crippen LogP contribution in [0.3, 0.4) is 0 Å². The largest absolute Gasteiger partial charge is 0.494 e. The van der Waals surface area contributed by atoms with Gasteiger partial charge in [-0.25, -0.2) is 0 Å². The van der Waals surface area contributed by atoms with E-state index in [1.54, 1.807) is 0 Å². The maximum absolute atomic E-state index is 12.3. The van der Waals surface area contributed by atoms with E-state index in [-0.39, 0.29) is 11.9 Å². The van der Waals surface area contributed by atoms with Gasteiger partial charge in [-0.3, -0.25) is 4.79 Å². The molecule has 0 amide bonds. The molecule has 4 nitrogen and oxygen atoms in total. The summed E-state index contributed by atoms with van der Waals surface area (Å²) in [7, 11) is 0. The van der Waals surface area contributed by atoms with Crippen molar-refractivity contribution in [3.8, 4) is 5.75 Å². The topological polar surface area (TPSA) is 55.8 Å². The first-order valence-corrected chi connectivity index (χ1v) is 11.2. The molecule has 0 aromatic heterocycles. The molecule has 0 bridgehead atoms. The third-order valence-electron chi connectivity index (χ3n) is 5.80. The number of hydrogen-bond donors (Lipinski definition) is 1. The Balaban J connectivity index is 1.74. The van der Waals surface area contributed by atoms with Crippen molar-refractivity contribution in [2.24, 2.45) is 5.92 Å². The zero-order valence-corrected chi connectivity index (χ0v) is 17.8. The number of carbonyl (C=O) groups is 1. The van der Waals surface area contributed by atoms with Gasteiger partial charge in [0, 0.05) is 0 Å². The highest BCUT2D eigenvalue weighted by atomic mass is 16.5. The summed E-state index contributed by atoms with van der Waals surface area (Å²) in [5.41, 5.74) is 0.0666. The van der Waals surface area contributed by atoms with Crippen LogP contribution in [0, 0.1) is 5.92 Å². The van der Waals surface area contributed by atoms with Crippen LogP contribution in [0.25, 0.3) is 0 Å². The van der Waals surface area contributed by atoms with Gasteiger partial charge in [0.25, 0.3) is 0 Å². The van der Waals surface area contributed by atoms with Crippen molar-refractivity contribution in [2.75, 3.05) is 13.2 Å². The molecular weight excluding hydrogens is 352 g/mol. The Hall–Kier alpha value is -1.55. The molecule has 0 heterocycles. The van der Waals surface area contributed by atoms with Crippen molar-refractivity contribution in [3.05, 3.63) is 29.8 Å². The fourth-order valence-electron chi connectivity index (χ4n) is 3.81. The maximum atomic E-state index is 12.3. The molecule has 158 valence electrons. The molecule has 4 heteroatoms. The predicted octanol–water partition coefficient (Wildman–Crippen LogP) is 5.76. The lowest BCUT2D eigenvalue weighted by atomic mass is 9.75. The van der Waals surface area contributed by atoms with Gasteiger partial charge in [-0.1, -0.05) is 58.1 Å². The highest BCUT2D eigenvalue weighted by Crippen LogP contribution is 2.40. The van der Waals surface area contributed by atoms with E-state index in [9.17, 15) is 9.90 Å². The number of unbranched alkanes of at least 4 members (excludes halogenated alkanes) is 5. The van der Waals surface area contributed by atoms with Crippen molar-refractivity contribution in [1.29, 1.82) is 0 Å². The van der Waals surface area contributed by atoms with Crippen LogP contribution in [0.5, 0.6) is 5.75 Å². The molecule has 1 aliphatic rings. The van der Waals surface area contributed by atoms with Gasteiger partial charge in [0.15, 0.2) is 0 Å². The maximum Gasteiger partial charge on any atom is 0.308 e. The number of esters is 1. The average molecular weight is 391 g/mol. The van der Waals surface area contributed by atoms with Gasteiger partial charge >= 0.3 is 5.97 Å². The first-order chi connectivity index (χ1) is 13.6. The number of ether oxygens (including phenoxy) is 2. The lowest BCUT2D eigenvalue weighted by Crippen LogP contribution is -2.34. The summed E-state index contributed by atoms with van der Waals surface area (Å²) in [4.78, 5) is 12.3. The summed E-state index contributed by atoms with van der Waals surface area (Å²) in [5.74, 6) is 0.682. The standard InChI is InChI=1S/C24H38O4/c1-3-5-7-8-9-19-28-23(25)20-14-16-24(26,17-15-20)21-10-12-22(13-11-21)27-18-6-4-2/h10-13,20,26H,3-9,14-19H2,1-2H3. The van der Waals surface area contributed by atoms with Crippen molar-refractivity contribution in [2.45, 2.75) is 90.1 Å². The minimum atomic E-state index is -0.848. The van der Waals surface area contributed by atoms with E-state index in [4.69, 9.17) is 9.47 Å². The summed E-state index contributed by atoms with van der Waals surface area (Å²) in [6, 6.07) is 7.77. The summed E-state index contributed by atoms with van der Waals surface area (Å²) in [5, 5.41) is 11.1. The van der Waals surface area contributed by atoms with Gasteiger partial charge in [-0.15, -0.1) is 0 Å². The van der Waals surface area contributed by atoms with Crippen LogP contribution >= 0.6 is 0 Å². The van der Waals surface area contributed by atoms with Crippen LogP contribution in [0.2, 0.25) is 0 Å². The predicted molar refractivity (Wildman–Crippen MR) is 112 cm³/mol. The molecule has 1 aromatic rings. The van der Waals surface area contributed by atoms with Crippen LogP contribution in [0.1, 0.15) is 90.0 Å². The van der Waals surface area contributed by atoms with Crippen molar-refractivity contribution in [3.63, 3.8) is 0 Å². The van der Waals surface area contributed by atoms with E-state index < -0.39 is 5.60 Å². The minimum Gasteiger partial charge on any atom is -0.494 e. The van der Waals surface area contributed by atoms with Gasteiger partial charge in [0.05, 0.1) is 24.7 Å². The van der Waals surface area contributed by atoms with Crippen LogP contribution in [0.15, 0.2) is 24.3 Å². The Bertz CT molecular complexity index is 558. The second-order valence-electron chi connectivity index (χ2n) is 8.11. The van der Waals surface area contributed by atoms with Crippen molar-refractivity contribution in [1.82, 2.24) is 0 Å². The Morgan fingerprint density at radius 3 is 2.25 bits per heavy atom. The molecular formula is C24H38O4. The number of hydrogen-bond acceptors (Lipinski definition) is 4. The summed E-state index contributed by atoms with van der Waals surface area (Å²) < 4.78 is 11.2. The molecule has 0 unspecified atom stereocenters. The SMILES string of the molecule is CCCCCCCOC(=O)C1CCC(O)(c2ccc(OCCCC)cc2)CC1. The number of rotatable bonds is 12. The lowest BCUT2D eigenvalue weighted by Gasteiger charge is -2.35. The molecule has 28 heavy (non-hydrogen) atoms. The zero-order valence-electron chi connectivity index (χ0n) is 17.8. The summed E-state index contributed by atoms with van der Waals surface area (Å²) in [6.07, 6.45) is 10.5.